The minimum Gasteiger partial charge on any atom is -0.452 e. The van der Waals surface area contributed by atoms with Gasteiger partial charge >= 0.3 is 0 Å². The maximum atomic E-state index is 12.8. The van der Waals surface area contributed by atoms with Crippen LogP contribution < -0.4 is 10.5 Å². The lowest BCUT2D eigenvalue weighted by molar-refractivity contribution is 0.479. The van der Waals surface area contributed by atoms with Crippen molar-refractivity contribution < 1.29 is 9.13 Å². The first-order valence-electron chi connectivity index (χ1n) is 4.77. The van der Waals surface area contributed by atoms with Gasteiger partial charge in [0.25, 0.3) is 0 Å². The van der Waals surface area contributed by atoms with Gasteiger partial charge in [-0.3, -0.25) is 4.98 Å². The third-order valence-corrected chi connectivity index (χ3v) is 2.10. The Morgan fingerprint density at radius 3 is 2.82 bits per heavy atom. The van der Waals surface area contributed by atoms with Gasteiger partial charge in [0.15, 0.2) is 11.5 Å². The van der Waals surface area contributed by atoms with Crippen LogP contribution in [0.25, 0.3) is 0 Å². The van der Waals surface area contributed by atoms with Crippen molar-refractivity contribution in [1.29, 1.82) is 5.26 Å². The van der Waals surface area contributed by atoms with E-state index in [-0.39, 0.29) is 17.2 Å². The van der Waals surface area contributed by atoms with Crippen LogP contribution in [0.4, 0.5) is 10.1 Å². The summed E-state index contributed by atoms with van der Waals surface area (Å²) in [5.74, 6) is 0.130. The van der Waals surface area contributed by atoms with Crippen molar-refractivity contribution >= 4 is 5.69 Å². The topological polar surface area (TPSA) is 71.9 Å². The molecule has 2 rings (SSSR count). The number of pyridine rings is 1. The minimum atomic E-state index is -0.443. The zero-order valence-electron chi connectivity index (χ0n) is 8.72. The van der Waals surface area contributed by atoms with Gasteiger partial charge in [-0.15, -0.1) is 0 Å². The maximum absolute atomic E-state index is 12.8. The fourth-order valence-corrected chi connectivity index (χ4v) is 1.28. The number of nitriles is 1. The molecular formula is C12H8FN3O. The van der Waals surface area contributed by atoms with Gasteiger partial charge in [-0.2, -0.15) is 5.26 Å². The van der Waals surface area contributed by atoms with Gasteiger partial charge in [0, 0.05) is 12.3 Å². The zero-order chi connectivity index (χ0) is 12.3. The molecule has 0 aliphatic carbocycles. The van der Waals surface area contributed by atoms with Gasteiger partial charge in [-0.05, 0) is 18.2 Å². The van der Waals surface area contributed by atoms with Crippen molar-refractivity contribution in [3.63, 3.8) is 0 Å². The van der Waals surface area contributed by atoms with E-state index in [2.05, 4.69) is 4.98 Å². The molecule has 0 unspecified atom stereocenters. The molecule has 1 aromatic carbocycles. The Labute approximate surface area is 97.1 Å². The molecule has 0 fully saturated rings. The zero-order valence-corrected chi connectivity index (χ0v) is 8.72. The lowest BCUT2D eigenvalue weighted by atomic mass is 10.2. The van der Waals surface area contributed by atoms with Crippen LogP contribution in [-0.2, 0) is 0 Å². The van der Waals surface area contributed by atoms with Gasteiger partial charge < -0.3 is 10.5 Å². The highest BCUT2D eigenvalue weighted by Gasteiger charge is 2.07. The van der Waals surface area contributed by atoms with Crippen LogP contribution in [0.2, 0.25) is 0 Å². The first kappa shape index (κ1) is 10.9. The van der Waals surface area contributed by atoms with Crippen LogP contribution in [0.3, 0.4) is 0 Å². The van der Waals surface area contributed by atoms with E-state index in [4.69, 9.17) is 15.7 Å². The number of nitrogens with zero attached hydrogens (tertiary/aromatic N) is 2. The predicted octanol–water partition coefficient (Wildman–Crippen LogP) is 2.47. The Hall–Kier alpha value is -2.61. The number of hydrogen-bond donors (Lipinski definition) is 1. The van der Waals surface area contributed by atoms with Gasteiger partial charge in [0.2, 0.25) is 0 Å². The lowest BCUT2D eigenvalue weighted by Gasteiger charge is -2.08. The van der Waals surface area contributed by atoms with Crippen molar-refractivity contribution in [1.82, 2.24) is 4.98 Å². The number of rotatable bonds is 2. The van der Waals surface area contributed by atoms with Crippen LogP contribution in [-0.4, -0.2) is 4.98 Å². The number of halogens is 1. The summed E-state index contributed by atoms with van der Waals surface area (Å²) in [7, 11) is 0. The Kier molecular flexibility index (Phi) is 2.88. The Morgan fingerprint density at radius 1 is 1.29 bits per heavy atom. The highest BCUT2D eigenvalue weighted by atomic mass is 19.1. The molecule has 17 heavy (non-hydrogen) atoms. The molecule has 5 heteroatoms. The molecule has 2 aromatic rings. The summed E-state index contributed by atoms with van der Waals surface area (Å²) in [6.07, 6.45) is 2.89. The van der Waals surface area contributed by atoms with Crippen molar-refractivity contribution in [2.75, 3.05) is 5.73 Å². The molecule has 0 aliphatic rings. The molecule has 0 bridgehead atoms. The monoisotopic (exact) mass is 229 g/mol. The standard InChI is InChI=1S/C12H8FN3O/c13-9-1-2-11(10(15)5-9)17-12-7-16-4-3-8(12)6-14/h1-5,7H,15H2. The first-order chi connectivity index (χ1) is 8.20. The van der Waals surface area contributed by atoms with Crippen LogP contribution in [0.1, 0.15) is 5.56 Å². The first-order valence-corrected chi connectivity index (χ1v) is 4.77. The quantitative estimate of drug-likeness (QED) is 0.803. The normalized spacial score (nSPS) is 9.65. The summed E-state index contributed by atoms with van der Waals surface area (Å²) in [5.41, 5.74) is 6.09. The molecule has 1 aromatic heterocycles. The molecule has 4 nitrogen and oxygen atoms in total. The van der Waals surface area contributed by atoms with E-state index >= 15 is 0 Å². The number of ether oxygens (including phenoxy) is 1. The largest absolute Gasteiger partial charge is 0.452 e. The van der Waals surface area contributed by atoms with Crippen molar-refractivity contribution in [2.24, 2.45) is 0 Å². The molecule has 0 spiro atoms. The van der Waals surface area contributed by atoms with Crippen molar-refractivity contribution in [3.8, 4) is 17.6 Å². The third kappa shape index (κ3) is 2.32. The number of anilines is 1. The molecular weight excluding hydrogens is 221 g/mol. The minimum absolute atomic E-state index is 0.165. The molecule has 0 saturated carbocycles. The second-order valence-electron chi connectivity index (χ2n) is 3.27. The second kappa shape index (κ2) is 4.49. The number of aromatic nitrogens is 1. The summed E-state index contributed by atoms with van der Waals surface area (Å²) < 4.78 is 18.2. The summed E-state index contributed by atoms with van der Waals surface area (Å²) in [4.78, 5) is 3.85. The Morgan fingerprint density at radius 2 is 2.12 bits per heavy atom. The van der Waals surface area contributed by atoms with E-state index in [9.17, 15) is 4.39 Å². The fourth-order valence-electron chi connectivity index (χ4n) is 1.28. The van der Waals surface area contributed by atoms with E-state index < -0.39 is 5.82 Å². The summed E-state index contributed by atoms with van der Waals surface area (Å²) in [5, 5.41) is 8.86. The van der Waals surface area contributed by atoms with Crippen LogP contribution in [0.5, 0.6) is 11.5 Å². The summed E-state index contributed by atoms with van der Waals surface area (Å²) in [6.45, 7) is 0. The highest BCUT2D eigenvalue weighted by molar-refractivity contribution is 5.55. The van der Waals surface area contributed by atoms with Crippen LogP contribution in [0, 0.1) is 17.1 Å². The third-order valence-electron chi connectivity index (χ3n) is 2.10. The van der Waals surface area contributed by atoms with Crippen LogP contribution >= 0.6 is 0 Å². The van der Waals surface area contributed by atoms with Gasteiger partial charge in [-0.25, -0.2) is 4.39 Å². The average molecular weight is 229 g/mol. The summed E-state index contributed by atoms with van der Waals surface area (Å²) >= 11 is 0. The molecule has 0 amide bonds. The maximum Gasteiger partial charge on any atom is 0.163 e. The molecule has 84 valence electrons. The van der Waals surface area contributed by atoms with E-state index in [1.54, 1.807) is 0 Å². The van der Waals surface area contributed by atoms with E-state index in [1.807, 2.05) is 6.07 Å². The fraction of sp³-hybridized carbons (Fsp3) is 0. The Bertz CT molecular complexity index is 593. The second-order valence-corrected chi connectivity index (χ2v) is 3.27. The van der Waals surface area contributed by atoms with Gasteiger partial charge in [0.05, 0.1) is 17.4 Å². The van der Waals surface area contributed by atoms with Gasteiger partial charge in [-0.1, -0.05) is 0 Å². The molecule has 2 N–H and O–H groups in total. The van der Waals surface area contributed by atoms with Crippen LogP contribution in [0.15, 0.2) is 36.7 Å². The van der Waals surface area contributed by atoms with Crippen molar-refractivity contribution in [3.05, 3.63) is 48.0 Å². The predicted molar refractivity (Wildman–Crippen MR) is 59.8 cm³/mol. The number of nitrogens with two attached hydrogens (primary N) is 1. The van der Waals surface area contributed by atoms with E-state index in [0.29, 0.717) is 5.56 Å². The lowest BCUT2D eigenvalue weighted by Crippen LogP contribution is -1.95. The molecule has 0 aliphatic heterocycles. The SMILES string of the molecule is N#Cc1ccncc1Oc1ccc(F)cc1N. The van der Waals surface area contributed by atoms with Gasteiger partial charge in [0.1, 0.15) is 11.9 Å². The Balaban J connectivity index is 2.35. The molecule has 1 heterocycles. The average Bonchev–Trinajstić information content (AvgIpc) is 2.33. The molecule has 0 atom stereocenters. The summed E-state index contributed by atoms with van der Waals surface area (Å²) in [6, 6.07) is 7.27. The highest BCUT2D eigenvalue weighted by Crippen LogP contribution is 2.29. The van der Waals surface area contributed by atoms with E-state index in [0.717, 1.165) is 6.07 Å². The smallest absolute Gasteiger partial charge is 0.163 e. The number of benzene rings is 1. The number of hydrogen-bond acceptors (Lipinski definition) is 4. The molecule has 0 radical (unpaired) electrons. The molecule has 0 saturated heterocycles. The van der Waals surface area contributed by atoms with Crippen molar-refractivity contribution in [2.45, 2.75) is 0 Å². The number of nitrogen functional groups attached to an aromatic ring is 1. The van der Waals surface area contributed by atoms with E-state index in [1.165, 1.54) is 30.6 Å².